The van der Waals surface area contributed by atoms with Crippen LogP contribution in [0, 0.1) is 0 Å². The maximum Gasteiger partial charge on any atom is 0.325 e. The molecule has 1 unspecified atom stereocenters. The van der Waals surface area contributed by atoms with Gasteiger partial charge in [-0.05, 0) is 49.8 Å². The third-order valence-corrected chi connectivity index (χ3v) is 3.54. The van der Waals surface area contributed by atoms with Gasteiger partial charge in [-0.15, -0.1) is 0 Å². The number of esters is 1. The van der Waals surface area contributed by atoms with Crippen LogP contribution in [0.25, 0.3) is 0 Å². The van der Waals surface area contributed by atoms with E-state index in [2.05, 4.69) is 30.7 Å². The van der Waals surface area contributed by atoms with Crippen LogP contribution in [0.2, 0.25) is 0 Å². The minimum Gasteiger partial charge on any atom is -0.494 e. The number of unbranched alkanes of at least 4 members (excludes halogenated alkanes) is 1. The summed E-state index contributed by atoms with van der Waals surface area (Å²) in [5.41, 5.74) is 6.26. The Bertz CT molecular complexity index is 455. The Hall–Kier alpha value is -1.55. The highest BCUT2D eigenvalue weighted by Crippen LogP contribution is 2.20. The van der Waals surface area contributed by atoms with Gasteiger partial charge in [-0.3, -0.25) is 4.79 Å². The molecule has 0 amide bonds. The van der Waals surface area contributed by atoms with E-state index in [0.29, 0.717) is 18.9 Å². The molecule has 0 heterocycles. The average molecular weight is 293 g/mol. The van der Waals surface area contributed by atoms with Crippen LogP contribution in [0.4, 0.5) is 0 Å². The Morgan fingerprint density at radius 1 is 1.33 bits per heavy atom. The van der Waals surface area contributed by atoms with Crippen LogP contribution in [0.5, 0.6) is 5.75 Å². The van der Waals surface area contributed by atoms with Crippen LogP contribution < -0.4 is 10.5 Å². The quantitative estimate of drug-likeness (QED) is 0.590. The zero-order valence-electron chi connectivity index (χ0n) is 13.5. The number of methoxy groups -OCH3 is 1. The Labute approximate surface area is 127 Å². The third-order valence-electron chi connectivity index (χ3n) is 3.54. The second-order valence-corrected chi connectivity index (χ2v) is 5.94. The van der Waals surface area contributed by atoms with Crippen molar-refractivity contribution >= 4 is 5.97 Å². The van der Waals surface area contributed by atoms with Gasteiger partial charge in [0.05, 0.1) is 13.7 Å². The lowest BCUT2D eigenvalue weighted by atomic mass is 9.96. The first-order chi connectivity index (χ1) is 9.86. The van der Waals surface area contributed by atoms with Crippen molar-refractivity contribution in [3.63, 3.8) is 0 Å². The van der Waals surface area contributed by atoms with Crippen molar-refractivity contribution in [2.75, 3.05) is 13.7 Å². The summed E-state index contributed by atoms with van der Waals surface area (Å²) in [6.07, 6.45) is 2.27. The van der Waals surface area contributed by atoms with E-state index in [0.717, 1.165) is 18.6 Å². The fourth-order valence-corrected chi connectivity index (χ4v) is 2.08. The van der Waals surface area contributed by atoms with Gasteiger partial charge in [-0.1, -0.05) is 26.0 Å². The van der Waals surface area contributed by atoms with E-state index in [1.165, 1.54) is 12.7 Å². The zero-order valence-corrected chi connectivity index (χ0v) is 13.5. The maximum absolute atomic E-state index is 11.4. The predicted molar refractivity (Wildman–Crippen MR) is 84.5 cm³/mol. The van der Waals surface area contributed by atoms with Gasteiger partial charge in [0, 0.05) is 0 Å². The van der Waals surface area contributed by atoms with Gasteiger partial charge in [-0.25, -0.2) is 0 Å². The molecule has 1 atom stereocenters. The van der Waals surface area contributed by atoms with E-state index < -0.39 is 5.54 Å². The van der Waals surface area contributed by atoms with Crippen LogP contribution in [0.3, 0.4) is 0 Å². The van der Waals surface area contributed by atoms with E-state index in [9.17, 15) is 4.79 Å². The van der Waals surface area contributed by atoms with Gasteiger partial charge >= 0.3 is 5.97 Å². The molecule has 0 spiro atoms. The van der Waals surface area contributed by atoms with Crippen LogP contribution in [-0.4, -0.2) is 25.2 Å². The molecule has 21 heavy (non-hydrogen) atoms. The molecule has 1 rings (SSSR count). The van der Waals surface area contributed by atoms with Gasteiger partial charge in [0.15, 0.2) is 0 Å². The van der Waals surface area contributed by atoms with Crippen molar-refractivity contribution in [3.05, 3.63) is 29.8 Å². The van der Waals surface area contributed by atoms with Crippen LogP contribution in [0.1, 0.15) is 51.5 Å². The second-order valence-electron chi connectivity index (χ2n) is 5.94. The third kappa shape index (κ3) is 5.76. The number of rotatable bonds is 8. The van der Waals surface area contributed by atoms with Gasteiger partial charge in [0.1, 0.15) is 11.3 Å². The van der Waals surface area contributed by atoms with Crippen LogP contribution in [0.15, 0.2) is 24.3 Å². The highest BCUT2D eigenvalue weighted by Gasteiger charge is 2.28. The monoisotopic (exact) mass is 293 g/mol. The minimum absolute atomic E-state index is 0.368. The molecular formula is C17H27NO3. The first-order valence-electron chi connectivity index (χ1n) is 7.47. The SMILES string of the molecule is COC(=O)C(C)(N)CCCCOc1cccc(C(C)C)c1. The lowest BCUT2D eigenvalue weighted by Crippen LogP contribution is -2.45. The van der Waals surface area contributed by atoms with Crippen molar-refractivity contribution in [3.8, 4) is 5.75 Å². The standard InChI is InChI=1S/C17H27NO3/c1-13(2)14-8-7-9-15(12-14)21-11-6-5-10-17(3,18)16(19)20-4/h7-9,12-13H,5-6,10-11,18H2,1-4H3. The fraction of sp³-hybridized carbons (Fsp3) is 0.588. The average Bonchev–Trinajstić information content (AvgIpc) is 2.46. The van der Waals surface area contributed by atoms with Gasteiger partial charge < -0.3 is 15.2 Å². The predicted octanol–water partition coefficient (Wildman–Crippen LogP) is 3.25. The number of hydrogen-bond acceptors (Lipinski definition) is 4. The molecule has 0 bridgehead atoms. The summed E-state index contributed by atoms with van der Waals surface area (Å²) >= 11 is 0. The number of hydrogen-bond donors (Lipinski definition) is 1. The molecule has 2 N–H and O–H groups in total. The smallest absolute Gasteiger partial charge is 0.325 e. The minimum atomic E-state index is -0.910. The number of benzene rings is 1. The first kappa shape index (κ1) is 17.5. The van der Waals surface area contributed by atoms with E-state index in [1.807, 2.05) is 12.1 Å². The van der Waals surface area contributed by atoms with Gasteiger partial charge in [-0.2, -0.15) is 0 Å². The van der Waals surface area contributed by atoms with Crippen LogP contribution in [-0.2, 0) is 9.53 Å². The molecular weight excluding hydrogens is 266 g/mol. The number of ether oxygens (including phenoxy) is 2. The summed E-state index contributed by atoms with van der Waals surface area (Å²) in [6.45, 7) is 6.65. The summed E-state index contributed by atoms with van der Waals surface area (Å²) < 4.78 is 10.4. The van der Waals surface area contributed by atoms with Gasteiger partial charge in [0.2, 0.25) is 0 Å². The van der Waals surface area contributed by atoms with Crippen molar-refractivity contribution in [2.45, 2.75) is 51.5 Å². The van der Waals surface area contributed by atoms with E-state index in [4.69, 9.17) is 10.5 Å². The molecule has 0 radical (unpaired) electrons. The lowest BCUT2D eigenvalue weighted by Gasteiger charge is -2.21. The molecule has 0 aliphatic rings. The van der Waals surface area contributed by atoms with Crippen molar-refractivity contribution in [1.82, 2.24) is 0 Å². The van der Waals surface area contributed by atoms with Crippen molar-refractivity contribution in [2.24, 2.45) is 5.73 Å². The topological polar surface area (TPSA) is 61.5 Å². The lowest BCUT2D eigenvalue weighted by molar-refractivity contribution is -0.146. The maximum atomic E-state index is 11.4. The highest BCUT2D eigenvalue weighted by molar-refractivity contribution is 5.79. The van der Waals surface area contributed by atoms with E-state index in [1.54, 1.807) is 6.92 Å². The summed E-state index contributed by atoms with van der Waals surface area (Å²) in [5.74, 6) is 1.02. The summed E-state index contributed by atoms with van der Waals surface area (Å²) in [4.78, 5) is 11.4. The normalized spacial score (nSPS) is 13.8. The summed E-state index contributed by atoms with van der Waals surface area (Å²) in [7, 11) is 1.36. The molecule has 0 saturated carbocycles. The molecule has 1 aromatic carbocycles. The summed E-state index contributed by atoms with van der Waals surface area (Å²) in [5, 5.41) is 0. The van der Waals surface area contributed by atoms with E-state index in [-0.39, 0.29) is 5.97 Å². The molecule has 118 valence electrons. The first-order valence-corrected chi connectivity index (χ1v) is 7.47. The van der Waals surface area contributed by atoms with Crippen molar-refractivity contribution < 1.29 is 14.3 Å². The Balaban J connectivity index is 2.32. The molecule has 0 aliphatic heterocycles. The molecule has 4 nitrogen and oxygen atoms in total. The van der Waals surface area contributed by atoms with Crippen LogP contribution >= 0.6 is 0 Å². The van der Waals surface area contributed by atoms with Crippen molar-refractivity contribution in [1.29, 1.82) is 0 Å². The number of carbonyl (C=O) groups is 1. The molecule has 0 aromatic heterocycles. The summed E-state index contributed by atoms with van der Waals surface area (Å²) in [6, 6.07) is 8.16. The highest BCUT2D eigenvalue weighted by atomic mass is 16.5. The molecule has 4 heteroatoms. The molecule has 0 saturated heterocycles. The number of nitrogens with two attached hydrogens (primary N) is 1. The number of carbonyl (C=O) groups excluding carboxylic acids is 1. The molecule has 1 aromatic rings. The molecule has 0 fully saturated rings. The van der Waals surface area contributed by atoms with Gasteiger partial charge in [0.25, 0.3) is 0 Å². The molecule has 0 aliphatic carbocycles. The fourth-order valence-electron chi connectivity index (χ4n) is 2.08. The second kappa shape index (κ2) is 8.03. The Morgan fingerprint density at radius 2 is 2.05 bits per heavy atom. The van der Waals surface area contributed by atoms with E-state index >= 15 is 0 Å². The Morgan fingerprint density at radius 3 is 2.67 bits per heavy atom. The largest absolute Gasteiger partial charge is 0.494 e. The zero-order chi connectivity index (χ0) is 15.9. The Kier molecular flexibility index (Phi) is 6.69.